The molecule has 0 saturated heterocycles. The third-order valence-electron chi connectivity index (χ3n) is 6.05. The molecule has 0 aliphatic heterocycles. The maximum Gasteiger partial charge on any atom is 0.0850 e. The molecule has 0 bridgehead atoms. The zero-order valence-electron chi connectivity index (χ0n) is 14.2. The van der Waals surface area contributed by atoms with Crippen LogP contribution in [0, 0.1) is 11.8 Å². The fourth-order valence-electron chi connectivity index (χ4n) is 5.01. The average molecular weight is 296 g/mol. The smallest absolute Gasteiger partial charge is 0.0850 e. The second-order valence-electron chi connectivity index (χ2n) is 7.17. The van der Waals surface area contributed by atoms with Crippen LogP contribution < -0.4 is 11.3 Å². The summed E-state index contributed by atoms with van der Waals surface area (Å²) in [6.07, 6.45) is 14.4. The first-order chi connectivity index (χ1) is 10.3. The zero-order chi connectivity index (χ0) is 15.1. The first kappa shape index (κ1) is 17.2. The summed E-state index contributed by atoms with van der Waals surface area (Å²) in [5.74, 6) is 7.60. The molecule has 2 saturated carbocycles. The highest BCUT2D eigenvalue weighted by molar-refractivity contribution is 4.99. The van der Waals surface area contributed by atoms with Gasteiger partial charge in [0.05, 0.1) is 11.6 Å². The zero-order valence-corrected chi connectivity index (χ0v) is 14.2. The van der Waals surface area contributed by atoms with Crippen molar-refractivity contribution in [2.24, 2.45) is 17.7 Å². The molecular weight excluding hydrogens is 260 g/mol. The molecule has 0 radical (unpaired) electrons. The Kier molecular flexibility index (Phi) is 6.97. The molecule has 2 rings (SSSR count). The molecule has 3 nitrogen and oxygen atoms in total. The number of hydrazine groups is 1. The third-order valence-corrected chi connectivity index (χ3v) is 6.05. The van der Waals surface area contributed by atoms with Crippen molar-refractivity contribution in [2.75, 3.05) is 6.61 Å². The van der Waals surface area contributed by atoms with Gasteiger partial charge in [-0.1, -0.05) is 58.3 Å². The van der Waals surface area contributed by atoms with Gasteiger partial charge in [0, 0.05) is 6.61 Å². The molecule has 3 atom stereocenters. The van der Waals surface area contributed by atoms with Crippen LogP contribution in [0.4, 0.5) is 0 Å². The van der Waals surface area contributed by atoms with Crippen LogP contribution in [0.25, 0.3) is 0 Å². The molecule has 0 amide bonds. The summed E-state index contributed by atoms with van der Waals surface area (Å²) in [5, 5.41) is 0. The van der Waals surface area contributed by atoms with Crippen molar-refractivity contribution in [3.8, 4) is 0 Å². The summed E-state index contributed by atoms with van der Waals surface area (Å²) in [6.45, 7) is 5.29. The summed E-state index contributed by atoms with van der Waals surface area (Å²) in [7, 11) is 0. The van der Waals surface area contributed by atoms with E-state index < -0.39 is 0 Å². The fraction of sp³-hybridized carbons (Fsp3) is 1.00. The minimum atomic E-state index is -0.0184. The van der Waals surface area contributed by atoms with Gasteiger partial charge in [-0.3, -0.25) is 11.3 Å². The van der Waals surface area contributed by atoms with Crippen LogP contribution >= 0.6 is 0 Å². The molecule has 3 N–H and O–H groups in total. The van der Waals surface area contributed by atoms with Gasteiger partial charge in [-0.25, -0.2) is 0 Å². The number of hydrogen-bond donors (Lipinski definition) is 2. The Morgan fingerprint density at radius 1 is 1.05 bits per heavy atom. The van der Waals surface area contributed by atoms with Crippen LogP contribution in [0.3, 0.4) is 0 Å². The fourth-order valence-corrected chi connectivity index (χ4v) is 5.01. The molecular formula is C18H36N2O. The Balaban J connectivity index is 2.20. The summed E-state index contributed by atoms with van der Waals surface area (Å²) in [5.41, 5.74) is 3.22. The highest BCUT2D eigenvalue weighted by atomic mass is 16.5. The van der Waals surface area contributed by atoms with E-state index >= 15 is 0 Å². The molecule has 21 heavy (non-hydrogen) atoms. The average Bonchev–Trinajstić information content (AvgIpc) is 2.75. The van der Waals surface area contributed by atoms with Crippen LogP contribution in [0.2, 0.25) is 0 Å². The summed E-state index contributed by atoms with van der Waals surface area (Å²) >= 11 is 0. The lowest BCUT2D eigenvalue weighted by atomic mass is 9.68. The van der Waals surface area contributed by atoms with E-state index in [9.17, 15) is 0 Å². The third kappa shape index (κ3) is 4.00. The standard InChI is InChI=1S/C18H36N2O/c1-3-15-11-7-8-12-16(15)17(20-19)18(21-4-2)13-9-5-6-10-14-18/h15-17,20H,3-14,19H2,1-2H3. The Morgan fingerprint density at radius 3 is 2.29 bits per heavy atom. The lowest BCUT2D eigenvalue weighted by molar-refractivity contribution is -0.100. The number of nitrogens with two attached hydrogens (primary N) is 1. The number of nitrogens with one attached hydrogen (secondary N) is 1. The SMILES string of the molecule is CCOC1(C(NN)C2CCCCC2CC)CCCCCC1. The molecule has 0 aromatic carbocycles. The van der Waals surface area contributed by atoms with Crippen molar-refractivity contribution < 1.29 is 4.74 Å². The van der Waals surface area contributed by atoms with Gasteiger partial charge in [-0.15, -0.1) is 0 Å². The quantitative estimate of drug-likeness (QED) is 0.439. The van der Waals surface area contributed by atoms with Crippen LogP contribution in [-0.4, -0.2) is 18.2 Å². The Labute approximate surface area is 131 Å². The van der Waals surface area contributed by atoms with Gasteiger partial charge in [0.1, 0.15) is 0 Å². The minimum Gasteiger partial charge on any atom is -0.374 e. The van der Waals surface area contributed by atoms with E-state index in [1.54, 1.807) is 0 Å². The summed E-state index contributed by atoms with van der Waals surface area (Å²) < 4.78 is 6.41. The minimum absolute atomic E-state index is 0.0184. The first-order valence-corrected chi connectivity index (χ1v) is 9.37. The normalized spacial score (nSPS) is 31.6. The van der Waals surface area contributed by atoms with Gasteiger partial charge in [0.25, 0.3) is 0 Å². The molecule has 0 heterocycles. The van der Waals surface area contributed by atoms with Gasteiger partial charge in [0.15, 0.2) is 0 Å². The number of hydrogen-bond acceptors (Lipinski definition) is 3. The van der Waals surface area contributed by atoms with Crippen LogP contribution in [0.5, 0.6) is 0 Å². The van der Waals surface area contributed by atoms with Crippen molar-refractivity contribution in [1.29, 1.82) is 0 Å². The Bertz CT molecular complexity index is 287. The van der Waals surface area contributed by atoms with Gasteiger partial charge in [-0.05, 0) is 38.0 Å². The van der Waals surface area contributed by atoms with Crippen molar-refractivity contribution >= 4 is 0 Å². The molecule has 2 aliphatic rings. The van der Waals surface area contributed by atoms with Crippen molar-refractivity contribution in [1.82, 2.24) is 5.43 Å². The Morgan fingerprint density at radius 2 is 1.71 bits per heavy atom. The van der Waals surface area contributed by atoms with Crippen molar-refractivity contribution in [3.63, 3.8) is 0 Å². The predicted octanol–water partition coefficient (Wildman–Crippen LogP) is 4.16. The molecule has 3 heteroatoms. The molecule has 2 fully saturated rings. The van der Waals surface area contributed by atoms with Gasteiger partial charge >= 0.3 is 0 Å². The number of ether oxygens (including phenoxy) is 1. The van der Waals surface area contributed by atoms with E-state index in [1.807, 2.05) is 0 Å². The van der Waals surface area contributed by atoms with Crippen LogP contribution in [0.15, 0.2) is 0 Å². The molecule has 2 aliphatic carbocycles. The monoisotopic (exact) mass is 296 g/mol. The molecule has 0 spiro atoms. The first-order valence-electron chi connectivity index (χ1n) is 9.37. The molecule has 0 aromatic rings. The van der Waals surface area contributed by atoms with Gasteiger partial charge < -0.3 is 4.74 Å². The van der Waals surface area contributed by atoms with E-state index in [-0.39, 0.29) is 5.60 Å². The van der Waals surface area contributed by atoms with Crippen molar-refractivity contribution in [3.05, 3.63) is 0 Å². The van der Waals surface area contributed by atoms with Gasteiger partial charge in [-0.2, -0.15) is 0 Å². The highest BCUT2D eigenvalue weighted by Gasteiger charge is 2.45. The second kappa shape index (κ2) is 8.50. The topological polar surface area (TPSA) is 47.3 Å². The Hall–Kier alpha value is -0.120. The van der Waals surface area contributed by atoms with E-state index in [4.69, 9.17) is 10.6 Å². The maximum absolute atomic E-state index is 6.41. The van der Waals surface area contributed by atoms with Gasteiger partial charge in [0.2, 0.25) is 0 Å². The molecule has 0 aromatic heterocycles. The largest absolute Gasteiger partial charge is 0.374 e. The predicted molar refractivity (Wildman–Crippen MR) is 88.9 cm³/mol. The summed E-state index contributed by atoms with van der Waals surface area (Å²) in [4.78, 5) is 0. The molecule has 124 valence electrons. The lowest BCUT2D eigenvalue weighted by Gasteiger charge is -2.47. The van der Waals surface area contributed by atoms with Crippen molar-refractivity contribution in [2.45, 2.75) is 96.1 Å². The molecule has 3 unspecified atom stereocenters. The number of rotatable bonds is 6. The summed E-state index contributed by atoms with van der Waals surface area (Å²) in [6, 6.07) is 0.334. The van der Waals surface area contributed by atoms with Crippen LogP contribution in [0.1, 0.15) is 84.5 Å². The van der Waals surface area contributed by atoms with E-state index in [0.717, 1.165) is 12.5 Å². The second-order valence-corrected chi connectivity index (χ2v) is 7.17. The lowest BCUT2D eigenvalue weighted by Crippen LogP contribution is -2.60. The van der Waals surface area contributed by atoms with E-state index in [2.05, 4.69) is 19.3 Å². The van der Waals surface area contributed by atoms with E-state index in [0.29, 0.717) is 12.0 Å². The van der Waals surface area contributed by atoms with E-state index in [1.165, 1.54) is 70.6 Å². The highest BCUT2D eigenvalue weighted by Crippen LogP contribution is 2.43. The maximum atomic E-state index is 6.41. The van der Waals surface area contributed by atoms with Crippen LogP contribution in [-0.2, 0) is 4.74 Å².